The number of aromatic nitrogens is 1. The molecule has 0 aliphatic rings. The molecule has 0 fully saturated rings. The number of aliphatic hydroxyl groups excluding tert-OH is 3. The molecule has 9 atom stereocenters. The number of hydrogen-bond acceptors (Lipinski definition) is 14. The Kier molecular flexibility index (Phi) is 22.0. The molecule has 0 saturated carbocycles. The zero-order valence-electron chi connectivity index (χ0n) is 35.7. The maximum absolute atomic E-state index is 13.8. The molecule has 65 heavy (non-hydrogen) atoms. The van der Waals surface area contributed by atoms with Gasteiger partial charge in [0.1, 0.15) is 36.3 Å². The number of carboxylic acids is 2. The number of carbonyl (C=O) groups excluding carboxylic acids is 6. The summed E-state index contributed by atoms with van der Waals surface area (Å²) in [5.41, 5.74) is 28.1. The summed E-state index contributed by atoms with van der Waals surface area (Å²) in [6.07, 6.45) is -2.80. The van der Waals surface area contributed by atoms with Gasteiger partial charge in [-0.25, -0.2) is 4.79 Å². The number of benzene rings is 1. The number of carbonyl (C=O) groups is 8. The Hall–Kier alpha value is -7.10. The minimum absolute atomic E-state index is 0.00579. The van der Waals surface area contributed by atoms with Crippen LogP contribution in [0.25, 0.3) is 10.9 Å². The van der Waals surface area contributed by atoms with E-state index in [1.807, 2.05) is 0 Å². The van der Waals surface area contributed by atoms with E-state index >= 15 is 0 Å². The maximum Gasteiger partial charge on any atom is 0.326 e. The molecule has 360 valence electrons. The van der Waals surface area contributed by atoms with Crippen LogP contribution in [0.15, 0.2) is 40.4 Å². The highest BCUT2D eigenvalue weighted by molar-refractivity contribution is 5.98. The molecule has 0 bridgehead atoms. The van der Waals surface area contributed by atoms with Gasteiger partial charge in [0, 0.05) is 36.6 Å². The lowest BCUT2D eigenvalue weighted by Gasteiger charge is -2.28. The van der Waals surface area contributed by atoms with E-state index < -0.39 is 115 Å². The molecule has 1 aromatic carbocycles. The number of nitrogens with one attached hydrogen (secondary N) is 7. The molecule has 6 amide bonds. The first kappa shape index (κ1) is 54.0. The number of aliphatic carboxylic acids is 2. The average molecular weight is 921 g/mol. The van der Waals surface area contributed by atoms with Gasteiger partial charge in [-0.2, -0.15) is 0 Å². The standard InChI is InChI=1S/C38H60N14O13/c1-17(54)28(34(62)49-25(13-19-15-46-22-8-4-3-7-20(19)22)32(60)48-24(36(64)65)10-6-12-45-38(42)43)52-33(61)26(16-53)50-35(63)29(18(2)55)51-31(59)23(9-5-11-44-37(40)41)47-30(58)21(39)14-27(56)57/h3-4,7-8,15,17-18,21,23-26,28-29,46,53-55H,5-6,9-14,16,39H2,1-2H3,(H,47,58)(H,48,60)(H,49,62)(H,50,63)(H,51,59)(H,52,61)(H,56,57)(H,64,65)(H4,40,41,44)(H4,42,43,45)/t17-,18-,21+,23+,24+,25+,26+,28+,29+/m1/s1. The fraction of sp³-hybridized carbons (Fsp3) is 0.526. The lowest BCUT2D eigenvalue weighted by atomic mass is 10.0. The molecule has 2 aromatic rings. The van der Waals surface area contributed by atoms with E-state index in [1.165, 1.54) is 0 Å². The molecular formula is C38H60N14O13. The number of aromatic amines is 1. The molecule has 0 aliphatic carbocycles. The highest BCUT2D eigenvalue weighted by atomic mass is 16.4. The summed E-state index contributed by atoms with van der Waals surface area (Å²) in [6.45, 7) is 1.14. The van der Waals surface area contributed by atoms with Gasteiger partial charge in [-0.05, 0) is 51.2 Å². The van der Waals surface area contributed by atoms with Gasteiger partial charge in [0.25, 0.3) is 0 Å². The van der Waals surface area contributed by atoms with Gasteiger partial charge >= 0.3 is 11.9 Å². The Morgan fingerprint density at radius 2 is 1.11 bits per heavy atom. The molecule has 0 aliphatic heterocycles. The number of nitrogens with zero attached hydrogens (tertiary/aromatic N) is 2. The average Bonchev–Trinajstić information content (AvgIpc) is 3.63. The second kappa shape index (κ2) is 26.5. The van der Waals surface area contributed by atoms with Crippen LogP contribution in [-0.4, -0.2) is 164 Å². The monoisotopic (exact) mass is 920 g/mol. The molecule has 0 radical (unpaired) electrons. The number of nitrogens with two attached hydrogens (primary N) is 5. The first-order valence-corrected chi connectivity index (χ1v) is 20.2. The van der Waals surface area contributed by atoms with E-state index in [0.29, 0.717) is 16.5 Å². The summed E-state index contributed by atoms with van der Waals surface area (Å²) < 4.78 is 0. The maximum atomic E-state index is 13.8. The summed E-state index contributed by atoms with van der Waals surface area (Å²) in [4.78, 5) is 114. The molecule has 0 saturated heterocycles. The van der Waals surface area contributed by atoms with Crippen molar-refractivity contribution in [2.24, 2.45) is 38.7 Å². The van der Waals surface area contributed by atoms with Crippen molar-refractivity contribution >= 4 is 70.2 Å². The van der Waals surface area contributed by atoms with Crippen molar-refractivity contribution in [1.29, 1.82) is 0 Å². The highest BCUT2D eigenvalue weighted by Gasteiger charge is 2.36. The van der Waals surface area contributed by atoms with Gasteiger partial charge in [-0.15, -0.1) is 0 Å². The Morgan fingerprint density at radius 1 is 0.646 bits per heavy atom. The zero-order valence-corrected chi connectivity index (χ0v) is 35.7. The normalized spacial score (nSPS) is 15.2. The third-order valence-corrected chi connectivity index (χ3v) is 9.54. The molecular weight excluding hydrogens is 861 g/mol. The van der Waals surface area contributed by atoms with Gasteiger partial charge in [0.2, 0.25) is 35.4 Å². The summed E-state index contributed by atoms with van der Waals surface area (Å²) in [7, 11) is 0. The first-order chi connectivity index (χ1) is 30.5. The van der Waals surface area contributed by atoms with Crippen LogP contribution in [0.4, 0.5) is 0 Å². The number of fused-ring (bicyclic) bond motifs is 1. The predicted molar refractivity (Wildman–Crippen MR) is 232 cm³/mol. The van der Waals surface area contributed by atoms with Crippen molar-refractivity contribution in [3.63, 3.8) is 0 Å². The smallest absolute Gasteiger partial charge is 0.326 e. The molecule has 1 heterocycles. The molecule has 0 unspecified atom stereocenters. The minimum Gasteiger partial charge on any atom is -0.481 e. The fourth-order valence-electron chi connectivity index (χ4n) is 6.13. The number of amides is 6. The van der Waals surface area contributed by atoms with Crippen molar-refractivity contribution < 1.29 is 63.9 Å². The largest absolute Gasteiger partial charge is 0.481 e. The lowest BCUT2D eigenvalue weighted by molar-refractivity contribution is -0.142. The van der Waals surface area contributed by atoms with Crippen LogP contribution < -0.4 is 60.6 Å². The van der Waals surface area contributed by atoms with Crippen molar-refractivity contribution in [2.45, 2.75) is 107 Å². The molecule has 2 rings (SSSR count). The second-order valence-electron chi connectivity index (χ2n) is 14.9. The van der Waals surface area contributed by atoms with Crippen LogP contribution >= 0.6 is 0 Å². The SMILES string of the molecule is C[C@@H](O)[C@H](NC(=O)[C@H](CO)NC(=O)[C@@H](NC(=O)[C@H](CCCN=C(N)N)NC(=O)[C@@H](N)CC(=O)O)[C@@H](C)O)C(=O)N[C@@H](Cc1c[nH]c2ccccc12)C(=O)N[C@@H](CCCN=C(N)N)C(=O)O. The number of guanidine groups is 2. The van der Waals surface area contributed by atoms with Crippen LogP contribution in [-0.2, 0) is 44.8 Å². The summed E-state index contributed by atoms with van der Waals surface area (Å²) in [6, 6.07) is -4.60. The van der Waals surface area contributed by atoms with Crippen molar-refractivity contribution in [2.75, 3.05) is 19.7 Å². The van der Waals surface area contributed by atoms with Gasteiger partial charge in [0.05, 0.1) is 31.3 Å². The molecule has 0 spiro atoms. The van der Waals surface area contributed by atoms with Gasteiger partial charge in [0.15, 0.2) is 11.9 Å². The number of aliphatic imine (C=N–C) groups is 2. The van der Waals surface area contributed by atoms with Crippen molar-refractivity contribution in [1.82, 2.24) is 36.9 Å². The number of para-hydroxylation sites is 1. The topological polar surface area (TPSA) is 480 Å². The highest BCUT2D eigenvalue weighted by Crippen LogP contribution is 2.19. The molecule has 1 aromatic heterocycles. The van der Waals surface area contributed by atoms with Crippen LogP contribution in [0.1, 0.15) is 51.5 Å². The number of aliphatic hydroxyl groups is 3. The Balaban J connectivity index is 2.30. The van der Waals surface area contributed by atoms with E-state index in [2.05, 4.69) is 46.9 Å². The number of H-pyrrole nitrogens is 1. The van der Waals surface area contributed by atoms with Crippen molar-refractivity contribution in [3.05, 3.63) is 36.0 Å². The molecule has 22 N–H and O–H groups in total. The zero-order chi connectivity index (χ0) is 49.0. The van der Waals surface area contributed by atoms with Crippen LogP contribution in [0.5, 0.6) is 0 Å². The van der Waals surface area contributed by atoms with Crippen molar-refractivity contribution in [3.8, 4) is 0 Å². The van der Waals surface area contributed by atoms with E-state index in [9.17, 15) is 58.8 Å². The predicted octanol–water partition coefficient (Wildman–Crippen LogP) is -6.63. The van der Waals surface area contributed by atoms with E-state index in [4.69, 9.17) is 33.8 Å². The van der Waals surface area contributed by atoms with Crippen LogP contribution in [0, 0.1) is 0 Å². The first-order valence-electron chi connectivity index (χ1n) is 20.2. The quantitative estimate of drug-likeness (QED) is 0.0214. The Morgan fingerprint density at radius 3 is 1.60 bits per heavy atom. The number of carboxylic acid groups (broad SMARTS) is 2. The van der Waals surface area contributed by atoms with Crippen LogP contribution in [0.3, 0.4) is 0 Å². The number of rotatable bonds is 28. The molecule has 27 heteroatoms. The van der Waals surface area contributed by atoms with E-state index in [0.717, 1.165) is 13.8 Å². The Labute approximate surface area is 371 Å². The lowest BCUT2D eigenvalue weighted by Crippen LogP contribution is -2.63. The Bertz CT molecular complexity index is 2030. The molecule has 27 nitrogen and oxygen atoms in total. The fourth-order valence-corrected chi connectivity index (χ4v) is 6.13. The van der Waals surface area contributed by atoms with Gasteiger partial charge in [-0.1, -0.05) is 18.2 Å². The van der Waals surface area contributed by atoms with Gasteiger partial charge in [-0.3, -0.25) is 43.5 Å². The minimum atomic E-state index is -1.89. The third-order valence-electron chi connectivity index (χ3n) is 9.54. The third kappa shape index (κ3) is 18.3. The van der Waals surface area contributed by atoms with Gasteiger partial charge < -0.3 is 91.1 Å². The van der Waals surface area contributed by atoms with E-state index in [1.54, 1.807) is 30.5 Å². The van der Waals surface area contributed by atoms with Crippen LogP contribution in [0.2, 0.25) is 0 Å². The summed E-state index contributed by atoms with van der Waals surface area (Å²) in [5, 5.41) is 64.5. The van der Waals surface area contributed by atoms with E-state index in [-0.39, 0.29) is 57.1 Å². The second-order valence-corrected chi connectivity index (χ2v) is 14.9. The number of hydrogen-bond donors (Lipinski definition) is 17. The summed E-state index contributed by atoms with van der Waals surface area (Å²) >= 11 is 0. The summed E-state index contributed by atoms with van der Waals surface area (Å²) in [5.74, 6) is -9.94.